The molecule has 0 N–H and O–H groups in total. The summed E-state index contributed by atoms with van der Waals surface area (Å²) in [6.07, 6.45) is 2.69. The molecule has 1 rings (SSSR count). The van der Waals surface area contributed by atoms with E-state index in [1.807, 2.05) is 0 Å². The van der Waals surface area contributed by atoms with Crippen LogP contribution >= 0.6 is 0 Å². The fraction of sp³-hybridized carbons (Fsp3) is 1.00. The zero-order chi connectivity index (χ0) is 9.14. The van der Waals surface area contributed by atoms with Crippen molar-refractivity contribution in [2.24, 2.45) is 11.8 Å². The maximum atomic E-state index is 5.75. The van der Waals surface area contributed by atoms with Gasteiger partial charge < -0.3 is 9.47 Å². The van der Waals surface area contributed by atoms with Crippen molar-refractivity contribution in [3.8, 4) is 0 Å². The highest BCUT2D eigenvalue weighted by molar-refractivity contribution is 4.75. The third-order valence-electron chi connectivity index (χ3n) is 2.98. The quantitative estimate of drug-likeness (QED) is 0.637. The summed E-state index contributed by atoms with van der Waals surface area (Å²) in [6.45, 7) is 6.65. The zero-order valence-corrected chi connectivity index (χ0v) is 8.54. The monoisotopic (exact) mass is 172 g/mol. The predicted octanol–water partition coefficient (Wildman–Crippen LogP) is 2.43. The molecule has 0 bridgehead atoms. The molecular weight excluding hydrogens is 152 g/mol. The molecule has 1 heterocycles. The number of hydrogen-bond acceptors (Lipinski definition) is 2. The summed E-state index contributed by atoms with van der Waals surface area (Å²) in [6, 6.07) is 0. The second kappa shape index (κ2) is 4.24. The van der Waals surface area contributed by atoms with Crippen molar-refractivity contribution in [2.45, 2.75) is 46.0 Å². The van der Waals surface area contributed by atoms with Gasteiger partial charge in [0.15, 0.2) is 6.29 Å². The Balaban J connectivity index is 2.52. The third kappa shape index (κ3) is 1.99. The van der Waals surface area contributed by atoms with E-state index >= 15 is 0 Å². The van der Waals surface area contributed by atoms with Crippen LogP contribution in [0.15, 0.2) is 0 Å². The van der Waals surface area contributed by atoms with Crippen LogP contribution in [0.2, 0.25) is 0 Å². The zero-order valence-electron chi connectivity index (χ0n) is 8.54. The SMILES string of the molecule is CCC1CC(C)C(C)[C@@H](OC)O1. The van der Waals surface area contributed by atoms with E-state index in [0.717, 1.165) is 6.42 Å². The minimum absolute atomic E-state index is 0.0127. The summed E-state index contributed by atoms with van der Waals surface area (Å²) in [4.78, 5) is 0. The van der Waals surface area contributed by atoms with Crippen LogP contribution in [-0.2, 0) is 9.47 Å². The normalized spacial score (nSPS) is 43.0. The fourth-order valence-corrected chi connectivity index (χ4v) is 1.80. The van der Waals surface area contributed by atoms with E-state index in [2.05, 4.69) is 20.8 Å². The Bertz CT molecular complexity index is 136. The molecule has 1 fully saturated rings. The van der Waals surface area contributed by atoms with Crippen molar-refractivity contribution in [1.29, 1.82) is 0 Å². The Morgan fingerprint density at radius 2 is 2.08 bits per heavy atom. The molecule has 0 spiro atoms. The Kier molecular flexibility index (Phi) is 3.53. The van der Waals surface area contributed by atoms with Gasteiger partial charge in [-0.15, -0.1) is 0 Å². The fourth-order valence-electron chi connectivity index (χ4n) is 1.80. The second-order valence-electron chi connectivity index (χ2n) is 3.84. The number of ether oxygens (including phenoxy) is 2. The van der Waals surface area contributed by atoms with Gasteiger partial charge in [-0.1, -0.05) is 20.8 Å². The van der Waals surface area contributed by atoms with E-state index in [1.165, 1.54) is 6.42 Å². The van der Waals surface area contributed by atoms with Gasteiger partial charge in [0, 0.05) is 13.0 Å². The van der Waals surface area contributed by atoms with Crippen LogP contribution in [0.4, 0.5) is 0 Å². The first-order chi connectivity index (χ1) is 5.69. The van der Waals surface area contributed by atoms with E-state index in [-0.39, 0.29) is 6.29 Å². The van der Waals surface area contributed by atoms with Crippen molar-refractivity contribution in [2.75, 3.05) is 7.11 Å². The lowest BCUT2D eigenvalue weighted by molar-refractivity contribution is -0.219. The van der Waals surface area contributed by atoms with Gasteiger partial charge in [0.25, 0.3) is 0 Å². The number of methoxy groups -OCH3 is 1. The molecule has 0 aliphatic carbocycles. The molecule has 2 heteroatoms. The summed E-state index contributed by atoms with van der Waals surface area (Å²) in [5, 5.41) is 0. The Morgan fingerprint density at radius 1 is 1.42 bits per heavy atom. The lowest BCUT2D eigenvalue weighted by Crippen LogP contribution is -2.39. The minimum Gasteiger partial charge on any atom is -0.356 e. The molecule has 1 saturated heterocycles. The first kappa shape index (κ1) is 10.0. The van der Waals surface area contributed by atoms with Gasteiger partial charge in [-0.05, 0) is 18.8 Å². The third-order valence-corrected chi connectivity index (χ3v) is 2.98. The Morgan fingerprint density at radius 3 is 2.58 bits per heavy atom. The molecule has 4 atom stereocenters. The number of hydrogen-bond donors (Lipinski definition) is 0. The lowest BCUT2D eigenvalue weighted by atomic mass is 9.86. The lowest BCUT2D eigenvalue weighted by Gasteiger charge is -2.37. The van der Waals surface area contributed by atoms with Gasteiger partial charge in [0.2, 0.25) is 0 Å². The molecule has 3 unspecified atom stereocenters. The van der Waals surface area contributed by atoms with Gasteiger partial charge in [0.05, 0.1) is 6.10 Å². The summed E-state index contributed by atoms with van der Waals surface area (Å²) in [5.41, 5.74) is 0. The van der Waals surface area contributed by atoms with Crippen molar-refractivity contribution < 1.29 is 9.47 Å². The maximum absolute atomic E-state index is 5.75. The topological polar surface area (TPSA) is 18.5 Å². The maximum Gasteiger partial charge on any atom is 0.160 e. The smallest absolute Gasteiger partial charge is 0.160 e. The summed E-state index contributed by atoms with van der Waals surface area (Å²) in [7, 11) is 1.73. The van der Waals surface area contributed by atoms with Crippen molar-refractivity contribution in [3.05, 3.63) is 0 Å². The van der Waals surface area contributed by atoms with Gasteiger partial charge in [-0.25, -0.2) is 0 Å². The van der Waals surface area contributed by atoms with Crippen LogP contribution in [-0.4, -0.2) is 19.5 Å². The van der Waals surface area contributed by atoms with Gasteiger partial charge in [-0.3, -0.25) is 0 Å². The summed E-state index contributed by atoms with van der Waals surface area (Å²) in [5.74, 6) is 1.24. The number of rotatable bonds is 2. The summed E-state index contributed by atoms with van der Waals surface area (Å²) < 4.78 is 11.0. The molecule has 0 aromatic carbocycles. The molecule has 1 aliphatic rings. The van der Waals surface area contributed by atoms with Crippen molar-refractivity contribution >= 4 is 0 Å². The van der Waals surface area contributed by atoms with Crippen LogP contribution in [0.25, 0.3) is 0 Å². The standard InChI is InChI=1S/C10H20O2/c1-5-9-6-7(2)8(3)10(11-4)12-9/h7-10H,5-6H2,1-4H3/t7?,8?,9?,10-/m0/s1. The highest BCUT2D eigenvalue weighted by atomic mass is 16.7. The first-order valence-electron chi connectivity index (χ1n) is 4.87. The Hall–Kier alpha value is -0.0800. The average Bonchev–Trinajstić information content (AvgIpc) is 2.09. The van der Waals surface area contributed by atoms with Crippen LogP contribution < -0.4 is 0 Å². The van der Waals surface area contributed by atoms with Crippen molar-refractivity contribution in [1.82, 2.24) is 0 Å². The highest BCUT2D eigenvalue weighted by Gasteiger charge is 2.32. The molecule has 0 amide bonds. The largest absolute Gasteiger partial charge is 0.356 e. The van der Waals surface area contributed by atoms with Gasteiger partial charge in [-0.2, -0.15) is 0 Å². The van der Waals surface area contributed by atoms with Crippen LogP contribution in [0.1, 0.15) is 33.6 Å². The minimum atomic E-state index is 0.0127. The van der Waals surface area contributed by atoms with E-state index in [1.54, 1.807) is 7.11 Å². The molecule has 2 nitrogen and oxygen atoms in total. The summed E-state index contributed by atoms with van der Waals surface area (Å²) >= 11 is 0. The Labute approximate surface area is 75.2 Å². The van der Waals surface area contributed by atoms with Crippen molar-refractivity contribution in [3.63, 3.8) is 0 Å². The predicted molar refractivity (Wildman–Crippen MR) is 48.9 cm³/mol. The highest BCUT2D eigenvalue weighted by Crippen LogP contribution is 2.31. The van der Waals surface area contributed by atoms with E-state index < -0.39 is 0 Å². The molecular formula is C10H20O2. The van der Waals surface area contributed by atoms with E-state index in [0.29, 0.717) is 17.9 Å². The van der Waals surface area contributed by atoms with Crippen LogP contribution in [0.3, 0.4) is 0 Å². The van der Waals surface area contributed by atoms with Crippen LogP contribution in [0.5, 0.6) is 0 Å². The van der Waals surface area contributed by atoms with E-state index in [4.69, 9.17) is 9.47 Å². The first-order valence-corrected chi connectivity index (χ1v) is 4.87. The molecule has 1 aliphatic heterocycles. The molecule has 0 radical (unpaired) electrons. The van der Waals surface area contributed by atoms with E-state index in [9.17, 15) is 0 Å². The average molecular weight is 172 g/mol. The molecule has 0 aromatic heterocycles. The van der Waals surface area contributed by atoms with Gasteiger partial charge >= 0.3 is 0 Å². The molecule has 72 valence electrons. The second-order valence-corrected chi connectivity index (χ2v) is 3.84. The molecule has 12 heavy (non-hydrogen) atoms. The van der Waals surface area contributed by atoms with Crippen LogP contribution in [0, 0.1) is 11.8 Å². The molecule has 0 saturated carbocycles. The molecule has 0 aromatic rings. The van der Waals surface area contributed by atoms with Gasteiger partial charge in [0.1, 0.15) is 0 Å².